The predicted molar refractivity (Wildman–Crippen MR) is 70.7 cm³/mol. The van der Waals surface area contributed by atoms with Gasteiger partial charge in [-0.3, -0.25) is 9.48 Å². The minimum Gasteiger partial charge on any atom is -0.466 e. The highest BCUT2D eigenvalue weighted by Gasteiger charge is 2.22. The van der Waals surface area contributed by atoms with E-state index in [0.717, 1.165) is 0 Å². The topological polar surface area (TPSA) is 120 Å². The summed E-state index contributed by atoms with van der Waals surface area (Å²) in [4.78, 5) is 11.8. The summed E-state index contributed by atoms with van der Waals surface area (Å²) in [5, 5.41) is 11.4. The zero-order valence-corrected chi connectivity index (χ0v) is 12.0. The molecule has 3 N–H and O–H groups in total. The maximum atomic E-state index is 12.1. The number of anilines is 1. The number of carbonyl (C=O) groups is 1. The molecule has 108 valence electrons. The molecule has 1 amide bonds. The van der Waals surface area contributed by atoms with E-state index in [1.54, 1.807) is 19.9 Å². The van der Waals surface area contributed by atoms with Crippen LogP contribution in [0.15, 0.2) is 21.6 Å². The van der Waals surface area contributed by atoms with Crippen LogP contribution in [0.5, 0.6) is 0 Å². The van der Waals surface area contributed by atoms with Crippen LogP contribution in [0.1, 0.15) is 21.9 Å². The SMILES string of the molecule is Cc1cc(C(=O)Nc2nn(C)cc2S(N)(=O)=O)c(C)o1. The number of aryl methyl sites for hydroxylation is 3. The van der Waals surface area contributed by atoms with Crippen LogP contribution in [0.4, 0.5) is 5.82 Å². The largest absolute Gasteiger partial charge is 0.466 e. The highest BCUT2D eigenvalue weighted by molar-refractivity contribution is 7.89. The molecule has 0 aliphatic carbocycles. The number of primary sulfonamides is 1. The van der Waals surface area contributed by atoms with Gasteiger partial charge in [0.1, 0.15) is 16.4 Å². The minimum atomic E-state index is -3.97. The van der Waals surface area contributed by atoms with Crippen molar-refractivity contribution >= 4 is 21.7 Å². The van der Waals surface area contributed by atoms with E-state index < -0.39 is 15.9 Å². The Hall–Kier alpha value is -2.13. The lowest BCUT2D eigenvalue weighted by molar-refractivity contribution is 0.102. The van der Waals surface area contributed by atoms with Crippen molar-refractivity contribution in [1.82, 2.24) is 9.78 Å². The van der Waals surface area contributed by atoms with Crippen LogP contribution in [0, 0.1) is 13.8 Å². The molecule has 2 heterocycles. The molecule has 0 radical (unpaired) electrons. The molecule has 0 unspecified atom stereocenters. The van der Waals surface area contributed by atoms with Gasteiger partial charge in [-0.2, -0.15) is 5.10 Å². The van der Waals surface area contributed by atoms with Crippen molar-refractivity contribution in [2.24, 2.45) is 12.2 Å². The third-order valence-electron chi connectivity index (χ3n) is 2.62. The number of furan rings is 1. The summed E-state index contributed by atoms with van der Waals surface area (Å²) >= 11 is 0. The summed E-state index contributed by atoms with van der Waals surface area (Å²) in [6.45, 7) is 3.35. The number of aromatic nitrogens is 2. The second-order valence-electron chi connectivity index (χ2n) is 4.34. The Morgan fingerprint density at radius 1 is 1.45 bits per heavy atom. The smallest absolute Gasteiger partial charge is 0.260 e. The maximum absolute atomic E-state index is 12.1. The van der Waals surface area contributed by atoms with Gasteiger partial charge in [0.25, 0.3) is 5.91 Å². The third-order valence-corrected chi connectivity index (χ3v) is 3.53. The van der Waals surface area contributed by atoms with Crippen molar-refractivity contribution in [2.75, 3.05) is 5.32 Å². The number of nitrogens with one attached hydrogen (secondary N) is 1. The quantitative estimate of drug-likeness (QED) is 0.856. The molecule has 2 aromatic heterocycles. The summed E-state index contributed by atoms with van der Waals surface area (Å²) in [6, 6.07) is 1.56. The molecule has 9 heteroatoms. The van der Waals surface area contributed by atoms with Crippen LogP contribution in [-0.2, 0) is 17.1 Å². The summed E-state index contributed by atoms with van der Waals surface area (Å²) in [5.74, 6) is 0.398. The van der Waals surface area contributed by atoms with Gasteiger partial charge in [-0.05, 0) is 19.9 Å². The Balaban J connectivity index is 2.36. The van der Waals surface area contributed by atoms with Crippen LogP contribution in [0.3, 0.4) is 0 Å². The monoisotopic (exact) mass is 298 g/mol. The van der Waals surface area contributed by atoms with Gasteiger partial charge >= 0.3 is 0 Å². The second kappa shape index (κ2) is 4.76. The molecule has 0 fully saturated rings. The van der Waals surface area contributed by atoms with Gasteiger partial charge in [0.2, 0.25) is 10.0 Å². The number of carbonyl (C=O) groups excluding carboxylic acids is 1. The van der Waals surface area contributed by atoms with Crippen molar-refractivity contribution in [3.05, 3.63) is 29.3 Å². The Bertz CT molecular complexity index is 772. The van der Waals surface area contributed by atoms with Gasteiger partial charge in [-0.25, -0.2) is 13.6 Å². The molecule has 2 rings (SSSR count). The van der Waals surface area contributed by atoms with Gasteiger partial charge < -0.3 is 9.73 Å². The number of hydrogen-bond acceptors (Lipinski definition) is 5. The van der Waals surface area contributed by atoms with E-state index in [4.69, 9.17) is 9.56 Å². The molecule has 0 aliphatic heterocycles. The lowest BCUT2D eigenvalue weighted by atomic mass is 10.2. The number of nitrogens with two attached hydrogens (primary N) is 1. The molecule has 0 bridgehead atoms. The average molecular weight is 298 g/mol. The summed E-state index contributed by atoms with van der Waals surface area (Å²) in [6.07, 6.45) is 1.22. The van der Waals surface area contributed by atoms with Crippen LogP contribution in [0.2, 0.25) is 0 Å². The fourth-order valence-electron chi connectivity index (χ4n) is 1.79. The summed E-state index contributed by atoms with van der Waals surface area (Å²) < 4.78 is 29.3. The minimum absolute atomic E-state index is 0.113. The van der Waals surface area contributed by atoms with E-state index in [2.05, 4.69) is 10.4 Å². The van der Waals surface area contributed by atoms with Crippen molar-refractivity contribution in [2.45, 2.75) is 18.7 Å². The van der Waals surface area contributed by atoms with Crippen molar-refractivity contribution in [3.8, 4) is 0 Å². The van der Waals surface area contributed by atoms with Gasteiger partial charge in [-0.1, -0.05) is 0 Å². The van der Waals surface area contributed by atoms with Crippen molar-refractivity contribution < 1.29 is 17.6 Å². The van der Waals surface area contributed by atoms with Crippen molar-refractivity contribution in [3.63, 3.8) is 0 Å². The number of hydrogen-bond donors (Lipinski definition) is 2. The Morgan fingerprint density at radius 3 is 2.60 bits per heavy atom. The van der Waals surface area contributed by atoms with Crippen LogP contribution in [0.25, 0.3) is 0 Å². The molecule has 0 spiro atoms. The molecule has 0 aromatic carbocycles. The van der Waals surface area contributed by atoms with E-state index in [1.807, 2.05) is 0 Å². The summed E-state index contributed by atoms with van der Waals surface area (Å²) in [7, 11) is -2.44. The lowest BCUT2D eigenvalue weighted by Crippen LogP contribution is -2.18. The number of amides is 1. The molecule has 0 aliphatic rings. The first-order chi connectivity index (χ1) is 9.18. The van der Waals surface area contributed by atoms with Gasteiger partial charge in [0.15, 0.2) is 5.82 Å². The Morgan fingerprint density at radius 2 is 2.10 bits per heavy atom. The van der Waals surface area contributed by atoms with E-state index >= 15 is 0 Å². The van der Waals surface area contributed by atoms with Gasteiger partial charge in [0, 0.05) is 13.2 Å². The second-order valence-corrected chi connectivity index (χ2v) is 5.87. The Kier molecular flexibility index (Phi) is 3.40. The first-order valence-electron chi connectivity index (χ1n) is 5.63. The highest BCUT2D eigenvalue weighted by atomic mass is 32.2. The number of rotatable bonds is 3. The average Bonchev–Trinajstić information content (AvgIpc) is 2.81. The predicted octanol–water partition coefficient (Wildman–Crippen LogP) is 0.530. The molecular formula is C11H14N4O4S. The van der Waals surface area contributed by atoms with Crippen LogP contribution >= 0.6 is 0 Å². The van der Waals surface area contributed by atoms with Gasteiger partial charge in [0.05, 0.1) is 5.56 Å². The van der Waals surface area contributed by atoms with Crippen LogP contribution in [-0.4, -0.2) is 24.1 Å². The molecule has 0 atom stereocenters. The zero-order chi connectivity index (χ0) is 15.1. The zero-order valence-electron chi connectivity index (χ0n) is 11.2. The molecule has 2 aromatic rings. The molecule has 8 nitrogen and oxygen atoms in total. The van der Waals surface area contributed by atoms with E-state index in [1.165, 1.54) is 17.9 Å². The Labute approximate surface area is 115 Å². The van der Waals surface area contributed by atoms with Gasteiger partial charge in [-0.15, -0.1) is 0 Å². The number of sulfonamides is 1. The fourth-order valence-corrected chi connectivity index (χ4v) is 2.45. The number of nitrogens with zero attached hydrogens (tertiary/aromatic N) is 2. The van der Waals surface area contributed by atoms with Crippen molar-refractivity contribution in [1.29, 1.82) is 0 Å². The summed E-state index contributed by atoms with van der Waals surface area (Å²) in [5.41, 5.74) is 0.313. The fraction of sp³-hybridized carbons (Fsp3) is 0.273. The van der Waals surface area contributed by atoms with Crippen LogP contribution < -0.4 is 10.5 Å². The normalized spacial score (nSPS) is 11.6. The molecular weight excluding hydrogens is 284 g/mol. The van der Waals surface area contributed by atoms with E-state index in [9.17, 15) is 13.2 Å². The highest BCUT2D eigenvalue weighted by Crippen LogP contribution is 2.20. The lowest BCUT2D eigenvalue weighted by Gasteiger charge is -2.02. The standard InChI is InChI=1S/C11H14N4O4S/c1-6-4-8(7(2)19-6)11(16)13-10-9(20(12,17)18)5-15(3)14-10/h4-5H,1-3H3,(H2,12,17,18)(H,13,14,16). The first kappa shape index (κ1) is 14.3. The maximum Gasteiger partial charge on any atom is 0.260 e. The molecule has 0 saturated carbocycles. The molecule has 0 saturated heterocycles. The van der Waals surface area contributed by atoms with E-state index in [0.29, 0.717) is 17.1 Å². The molecule has 20 heavy (non-hydrogen) atoms. The van der Waals surface area contributed by atoms with E-state index in [-0.39, 0.29) is 10.7 Å². The first-order valence-corrected chi connectivity index (χ1v) is 7.18. The third kappa shape index (κ3) is 2.73.